The molecule has 3 aromatic carbocycles. The zero-order valence-corrected chi connectivity index (χ0v) is 27.8. The molecular weight excluding hydrogens is 629 g/mol. The van der Waals surface area contributed by atoms with Gasteiger partial charge in [0.05, 0.1) is 28.1 Å². The van der Waals surface area contributed by atoms with Gasteiger partial charge in [0.1, 0.15) is 0 Å². The van der Waals surface area contributed by atoms with Gasteiger partial charge in [-0.3, -0.25) is 9.59 Å². The van der Waals surface area contributed by atoms with Gasteiger partial charge in [-0.05, 0) is 93.0 Å². The number of nitrogens with one attached hydrogen (secondary N) is 2. The van der Waals surface area contributed by atoms with Crippen LogP contribution in [0.2, 0.25) is 5.02 Å². The lowest BCUT2D eigenvalue weighted by Gasteiger charge is -2.29. The largest absolute Gasteiger partial charge is 0.417 e. The Morgan fingerprint density at radius 1 is 0.957 bits per heavy atom. The third kappa shape index (κ3) is 10.3. The first-order valence-corrected chi connectivity index (χ1v) is 16.3. The molecule has 0 atom stereocenters. The van der Waals surface area contributed by atoms with E-state index in [2.05, 4.69) is 51.4 Å². The topological polar surface area (TPSA) is 80.3 Å². The average Bonchev–Trinajstić information content (AvgIpc) is 3.06. The van der Waals surface area contributed by atoms with E-state index in [9.17, 15) is 22.8 Å². The number of benzene rings is 3. The molecule has 1 aliphatic heterocycles. The summed E-state index contributed by atoms with van der Waals surface area (Å²) in [4.78, 5) is 33.6. The number of rotatable bonds is 13. The maximum absolute atomic E-state index is 13.4. The first kappa shape index (κ1) is 35.9. The maximum atomic E-state index is 13.4. The highest BCUT2D eigenvalue weighted by Crippen LogP contribution is 2.35. The van der Waals surface area contributed by atoms with Gasteiger partial charge in [-0.2, -0.15) is 18.3 Å². The molecule has 0 saturated carbocycles. The van der Waals surface area contributed by atoms with E-state index in [1.165, 1.54) is 6.07 Å². The van der Waals surface area contributed by atoms with Gasteiger partial charge in [0.25, 0.3) is 11.8 Å². The fraction of sp³-hybridized carbons (Fsp3) is 0.400. The molecule has 1 saturated heterocycles. The van der Waals surface area contributed by atoms with Gasteiger partial charge in [-0.15, -0.1) is 0 Å². The fourth-order valence-electron chi connectivity index (χ4n) is 5.49. The predicted octanol–water partition coefficient (Wildman–Crippen LogP) is 7.14. The van der Waals surface area contributed by atoms with Crippen molar-refractivity contribution >= 4 is 41.0 Å². The number of piperidine rings is 1. The Morgan fingerprint density at radius 3 is 2.40 bits per heavy atom. The lowest BCUT2D eigenvalue weighted by Crippen LogP contribution is -2.32. The molecule has 12 heteroatoms. The number of amides is 2. The SMILES string of the molecule is CCN(CC)CCN(C)Cc1cccc(C(=O)Nc2ccc(N3CCCCC3)cc2C(=O)NN=Cc2ccc(Cl)c(C(F)(F)F)c2)c1. The molecule has 0 aliphatic carbocycles. The van der Waals surface area contributed by atoms with Crippen LogP contribution in [0, 0.1) is 0 Å². The number of hydrogen-bond donors (Lipinski definition) is 2. The summed E-state index contributed by atoms with van der Waals surface area (Å²) >= 11 is 5.71. The van der Waals surface area contributed by atoms with E-state index in [4.69, 9.17) is 11.6 Å². The molecule has 0 spiro atoms. The molecule has 0 bridgehead atoms. The number of alkyl halides is 3. The van der Waals surface area contributed by atoms with Crippen LogP contribution in [0.5, 0.6) is 0 Å². The average molecular weight is 671 g/mol. The van der Waals surface area contributed by atoms with E-state index in [0.29, 0.717) is 12.1 Å². The van der Waals surface area contributed by atoms with Crippen molar-refractivity contribution in [3.05, 3.63) is 93.5 Å². The van der Waals surface area contributed by atoms with E-state index in [0.717, 1.165) is 88.1 Å². The zero-order chi connectivity index (χ0) is 34.0. The van der Waals surface area contributed by atoms with Gasteiger partial charge in [0.2, 0.25) is 0 Å². The normalized spacial score (nSPS) is 13.9. The minimum absolute atomic E-state index is 0.108. The van der Waals surface area contributed by atoms with E-state index in [1.807, 2.05) is 24.3 Å². The van der Waals surface area contributed by atoms with Crippen molar-refractivity contribution in [3.63, 3.8) is 0 Å². The maximum Gasteiger partial charge on any atom is 0.417 e. The van der Waals surface area contributed by atoms with Crippen molar-refractivity contribution in [2.75, 3.05) is 56.5 Å². The van der Waals surface area contributed by atoms with Gasteiger partial charge >= 0.3 is 6.18 Å². The monoisotopic (exact) mass is 670 g/mol. The van der Waals surface area contributed by atoms with Crippen LogP contribution < -0.4 is 15.6 Å². The standard InChI is InChI=1S/C35H42ClF3N6O2/c1-4-44(5-2)19-18-43(3)24-26-10-9-11-27(20-26)33(46)41-32-15-13-28(45-16-7-6-8-17-45)22-29(32)34(47)42-40-23-25-12-14-31(36)30(21-25)35(37,38)39/h9-15,20-23H,4-8,16-19,24H2,1-3H3,(H,41,46)(H,42,47). The number of carbonyl (C=O) groups is 2. The molecule has 47 heavy (non-hydrogen) atoms. The van der Waals surface area contributed by atoms with Gasteiger partial charge in [0, 0.05) is 44.0 Å². The molecular formula is C35H42ClF3N6O2. The van der Waals surface area contributed by atoms with E-state index >= 15 is 0 Å². The van der Waals surface area contributed by atoms with Crippen molar-refractivity contribution in [2.24, 2.45) is 5.10 Å². The highest BCUT2D eigenvalue weighted by molar-refractivity contribution is 6.31. The summed E-state index contributed by atoms with van der Waals surface area (Å²) in [6, 6.07) is 16.0. The molecule has 2 N–H and O–H groups in total. The van der Waals surface area contributed by atoms with Crippen LogP contribution in [-0.4, -0.2) is 74.1 Å². The lowest BCUT2D eigenvalue weighted by atomic mass is 10.1. The van der Waals surface area contributed by atoms with Crippen LogP contribution in [0.25, 0.3) is 0 Å². The first-order valence-electron chi connectivity index (χ1n) is 15.9. The second-order valence-corrected chi connectivity index (χ2v) is 12.0. The van der Waals surface area contributed by atoms with Crippen molar-refractivity contribution in [3.8, 4) is 0 Å². The van der Waals surface area contributed by atoms with Crippen molar-refractivity contribution in [2.45, 2.75) is 45.8 Å². The molecule has 1 aliphatic rings. The van der Waals surface area contributed by atoms with Gasteiger partial charge in [-0.25, -0.2) is 5.43 Å². The summed E-state index contributed by atoms with van der Waals surface area (Å²) in [6.07, 6.45) is -0.315. The number of halogens is 4. The molecule has 1 heterocycles. The molecule has 0 radical (unpaired) electrons. The van der Waals surface area contributed by atoms with Gasteiger partial charge < -0.3 is 20.0 Å². The Morgan fingerprint density at radius 2 is 1.70 bits per heavy atom. The van der Waals surface area contributed by atoms with Crippen LogP contribution in [-0.2, 0) is 12.7 Å². The molecule has 1 fully saturated rings. The van der Waals surface area contributed by atoms with Gasteiger partial charge in [-0.1, -0.05) is 43.6 Å². The van der Waals surface area contributed by atoms with Crippen molar-refractivity contribution in [1.29, 1.82) is 0 Å². The lowest BCUT2D eigenvalue weighted by molar-refractivity contribution is -0.137. The zero-order valence-electron chi connectivity index (χ0n) is 27.0. The van der Waals surface area contributed by atoms with Crippen molar-refractivity contribution in [1.82, 2.24) is 15.2 Å². The number of hydrazone groups is 1. The molecule has 0 aromatic heterocycles. The minimum atomic E-state index is -4.63. The quantitative estimate of drug-likeness (QED) is 0.149. The molecule has 3 aromatic rings. The molecule has 0 unspecified atom stereocenters. The van der Waals surface area contributed by atoms with Crippen LogP contribution in [0.4, 0.5) is 24.5 Å². The smallest absolute Gasteiger partial charge is 0.372 e. The number of hydrogen-bond acceptors (Lipinski definition) is 6. The number of nitrogens with zero attached hydrogens (tertiary/aromatic N) is 4. The summed E-state index contributed by atoms with van der Waals surface area (Å²) in [5.41, 5.74) is 4.25. The highest BCUT2D eigenvalue weighted by Gasteiger charge is 2.33. The van der Waals surface area contributed by atoms with Crippen molar-refractivity contribution < 1.29 is 22.8 Å². The number of anilines is 2. The Bertz CT molecular complexity index is 1550. The summed E-state index contributed by atoms with van der Waals surface area (Å²) in [7, 11) is 2.05. The summed E-state index contributed by atoms with van der Waals surface area (Å²) < 4.78 is 39.8. The second-order valence-electron chi connectivity index (χ2n) is 11.6. The highest BCUT2D eigenvalue weighted by atomic mass is 35.5. The Labute approximate surface area is 279 Å². The molecule has 2 amide bonds. The van der Waals surface area contributed by atoms with E-state index in [1.54, 1.807) is 18.2 Å². The first-order chi connectivity index (χ1) is 22.5. The Hall–Kier alpha value is -3.93. The van der Waals surface area contributed by atoms with E-state index < -0.39 is 22.7 Å². The molecule has 4 rings (SSSR count). The predicted molar refractivity (Wildman–Crippen MR) is 183 cm³/mol. The molecule has 8 nitrogen and oxygen atoms in total. The third-order valence-electron chi connectivity index (χ3n) is 8.23. The number of carbonyl (C=O) groups excluding carboxylic acids is 2. The van der Waals surface area contributed by atoms with Crippen LogP contribution in [0.1, 0.15) is 70.5 Å². The van der Waals surface area contributed by atoms with Crippen LogP contribution >= 0.6 is 11.6 Å². The fourth-order valence-corrected chi connectivity index (χ4v) is 5.72. The minimum Gasteiger partial charge on any atom is -0.372 e. The summed E-state index contributed by atoms with van der Waals surface area (Å²) in [5, 5.41) is 6.35. The molecule has 252 valence electrons. The Kier molecular flexibility index (Phi) is 12.8. The Balaban J connectivity index is 1.51. The summed E-state index contributed by atoms with van der Waals surface area (Å²) in [6.45, 7) is 10.5. The van der Waals surface area contributed by atoms with Crippen LogP contribution in [0.15, 0.2) is 65.8 Å². The van der Waals surface area contributed by atoms with E-state index in [-0.39, 0.29) is 22.7 Å². The number of likely N-dealkylation sites (N-methyl/N-ethyl adjacent to an activating group) is 2. The van der Waals surface area contributed by atoms with Gasteiger partial charge in [0.15, 0.2) is 0 Å². The van der Waals surface area contributed by atoms with Crippen LogP contribution in [0.3, 0.4) is 0 Å². The second kappa shape index (κ2) is 16.8. The third-order valence-corrected chi connectivity index (χ3v) is 8.56. The summed E-state index contributed by atoms with van der Waals surface area (Å²) in [5.74, 6) is -0.995.